The SMILES string of the molecule is C[N+]1(C)c2ccccc2-c2ccc3c4ccccc4n(-c4ccc([Si](c5ccccc5)(c5ccccc5)c5ccc(-n6c7ccccc7c7ccccc76)cc5)cc4)c3c21. The Morgan fingerprint density at radius 3 is 1.30 bits per heavy atom. The van der Waals surface area contributed by atoms with Crippen LogP contribution in [0.2, 0.25) is 0 Å². The molecule has 0 N–H and O–H groups in total. The van der Waals surface area contributed by atoms with Crippen molar-refractivity contribution in [2.45, 2.75) is 0 Å². The molecule has 0 fully saturated rings. The molecule has 0 spiro atoms. The van der Waals surface area contributed by atoms with Crippen LogP contribution in [-0.2, 0) is 0 Å². The molecule has 0 bridgehead atoms. The van der Waals surface area contributed by atoms with E-state index in [4.69, 9.17) is 0 Å². The van der Waals surface area contributed by atoms with Crippen molar-refractivity contribution in [1.82, 2.24) is 13.6 Å². The Balaban J connectivity index is 1.08. The maximum absolute atomic E-state index is 2.83. The molecule has 2 aromatic heterocycles. The fourth-order valence-electron chi connectivity index (χ4n) is 10.7. The van der Waals surface area contributed by atoms with Crippen LogP contribution in [0.1, 0.15) is 0 Å². The molecule has 60 heavy (non-hydrogen) atoms. The lowest BCUT2D eigenvalue weighted by Gasteiger charge is -2.34. The number of fused-ring (bicyclic) bond motifs is 10. The van der Waals surface area contributed by atoms with Gasteiger partial charge in [-0.05, 0) is 75.3 Å². The lowest BCUT2D eigenvalue weighted by Crippen LogP contribution is -2.74. The first-order valence-electron chi connectivity index (χ1n) is 20.9. The van der Waals surface area contributed by atoms with Crippen LogP contribution in [0.5, 0.6) is 0 Å². The number of rotatable bonds is 6. The quantitative estimate of drug-likeness (QED) is 0.0903. The van der Waals surface area contributed by atoms with Crippen LogP contribution < -0.4 is 25.2 Å². The molecule has 0 saturated heterocycles. The van der Waals surface area contributed by atoms with E-state index >= 15 is 0 Å². The maximum Gasteiger partial charge on any atom is 0.179 e. The summed E-state index contributed by atoms with van der Waals surface area (Å²) in [7, 11) is 1.83. The van der Waals surface area contributed by atoms with Crippen molar-refractivity contribution in [2.24, 2.45) is 0 Å². The van der Waals surface area contributed by atoms with Crippen molar-refractivity contribution in [3.8, 4) is 22.5 Å². The molecule has 0 unspecified atom stereocenters. The number of benzene rings is 9. The van der Waals surface area contributed by atoms with Crippen molar-refractivity contribution in [3.63, 3.8) is 0 Å². The molecule has 3 nitrogen and oxygen atoms in total. The van der Waals surface area contributed by atoms with E-state index in [1.165, 1.54) is 92.5 Å². The lowest BCUT2D eigenvalue weighted by molar-refractivity contribution is 0.571. The minimum Gasteiger partial charge on any atom is -0.309 e. The maximum atomic E-state index is 2.52. The standard InChI is InChI=1S/C56H42N3Si/c1-59(2)54-28-16-12-24-48(54)50-38-37-49-47-23-11-15-27-53(47)58(55(49)56(50)59)40-31-35-44(36-32-40)60(41-17-5-3-6-18-41,42-19-7-4-8-20-42)43-33-29-39(30-34-43)57-51-25-13-9-21-45(51)46-22-10-14-26-52(46)57/h3-38H,1-2H3/q+1. The molecule has 0 aliphatic carbocycles. The first-order chi connectivity index (χ1) is 29.5. The van der Waals surface area contributed by atoms with Gasteiger partial charge < -0.3 is 9.13 Å². The topological polar surface area (TPSA) is 9.86 Å². The zero-order valence-corrected chi connectivity index (χ0v) is 34.6. The minimum absolute atomic E-state index is 0.694. The van der Waals surface area contributed by atoms with Gasteiger partial charge in [0.15, 0.2) is 13.8 Å². The second kappa shape index (κ2) is 13.1. The van der Waals surface area contributed by atoms with E-state index in [2.05, 4.69) is 242 Å². The predicted molar refractivity (Wildman–Crippen MR) is 257 cm³/mol. The highest BCUT2D eigenvalue weighted by Gasteiger charge is 2.42. The first-order valence-corrected chi connectivity index (χ1v) is 22.9. The van der Waals surface area contributed by atoms with Crippen LogP contribution in [0.4, 0.5) is 11.4 Å². The molecule has 0 radical (unpaired) electrons. The molecule has 11 aromatic rings. The fourth-order valence-corrected chi connectivity index (χ4v) is 15.4. The summed E-state index contributed by atoms with van der Waals surface area (Å²) >= 11 is 0. The van der Waals surface area contributed by atoms with Gasteiger partial charge in [-0.2, -0.15) is 0 Å². The number of quaternary nitrogens is 1. The van der Waals surface area contributed by atoms with Gasteiger partial charge in [0.2, 0.25) is 0 Å². The molecular weight excluding hydrogens is 743 g/mol. The van der Waals surface area contributed by atoms with Crippen molar-refractivity contribution >= 4 is 83.8 Å². The van der Waals surface area contributed by atoms with Crippen molar-refractivity contribution in [2.75, 3.05) is 14.1 Å². The lowest BCUT2D eigenvalue weighted by atomic mass is 10.0. The van der Waals surface area contributed by atoms with Gasteiger partial charge >= 0.3 is 0 Å². The van der Waals surface area contributed by atoms with Crippen molar-refractivity contribution in [3.05, 3.63) is 218 Å². The summed E-state index contributed by atoms with van der Waals surface area (Å²) in [5, 5.41) is 10.5. The van der Waals surface area contributed by atoms with E-state index in [0.29, 0.717) is 4.48 Å². The number of hydrogen-bond donors (Lipinski definition) is 0. The summed E-state index contributed by atoms with van der Waals surface area (Å²) < 4.78 is 5.63. The Morgan fingerprint density at radius 2 is 0.750 bits per heavy atom. The van der Waals surface area contributed by atoms with Gasteiger partial charge in [-0.3, -0.25) is 4.48 Å². The second-order valence-corrected chi connectivity index (χ2v) is 20.4. The van der Waals surface area contributed by atoms with Gasteiger partial charge in [-0.25, -0.2) is 0 Å². The van der Waals surface area contributed by atoms with Gasteiger partial charge in [0.05, 0.1) is 36.2 Å². The summed E-state index contributed by atoms with van der Waals surface area (Å²) in [6, 6.07) is 81.6. The normalized spacial score (nSPS) is 13.3. The Morgan fingerprint density at radius 1 is 0.333 bits per heavy atom. The molecule has 284 valence electrons. The molecule has 4 heteroatoms. The highest BCUT2D eigenvalue weighted by Crippen LogP contribution is 2.55. The Labute approximate surface area is 350 Å². The summed E-state index contributed by atoms with van der Waals surface area (Å²) in [5.41, 5.74) is 12.6. The predicted octanol–water partition coefficient (Wildman–Crippen LogP) is 11.1. The molecule has 3 heterocycles. The van der Waals surface area contributed by atoms with E-state index in [-0.39, 0.29) is 0 Å². The largest absolute Gasteiger partial charge is 0.309 e. The monoisotopic (exact) mass is 784 g/mol. The number of aromatic nitrogens is 2. The summed E-state index contributed by atoms with van der Waals surface area (Å²) in [5.74, 6) is 0. The third-order valence-corrected chi connectivity index (χ3v) is 18.1. The van der Waals surface area contributed by atoms with Crippen LogP contribution in [0.25, 0.3) is 66.1 Å². The highest BCUT2D eigenvalue weighted by atomic mass is 28.3. The average molecular weight is 785 g/mol. The number of hydrogen-bond acceptors (Lipinski definition) is 0. The van der Waals surface area contributed by atoms with Crippen LogP contribution >= 0.6 is 0 Å². The van der Waals surface area contributed by atoms with Gasteiger partial charge in [0, 0.05) is 44.5 Å². The highest BCUT2D eigenvalue weighted by molar-refractivity contribution is 7.19. The molecule has 9 aromatic carbocycles. The van der Waals surface area contributed by atoms with Crippen LogP contribution in [-0.4, -0.2) is 31.3 Å². The van der Waals surface area contributed by atoms with Crippen LogP contribution in [0.15, 0.2) is 218 Å². The number of nitrogens with zero attached hydrogens (tertiary/aromatic N) is 3. The van der Waals surface area contributed by atoms with E-state index in [1.807, 2.05) is 0 Å². The molecule has 1 aliphatic rings. The summed E-state index contributed by atoms with van der Waals surface area (Å²) in [4.78, 5) is 0. The molecule has 0 atom stereocenters. The van der Waals surface area contributed by atoms with Crippen molar-refractivity contribution in [1.29, 1.82) is 0 Å². The molecule has 12 rings (SSSR count). The van der Waals surface area contributed by atoms with Gasteiger partial charge in [-0.15, -0.1) is 0 Å². The van der Waals surface area contributed by atoms with E-state index in [1.54, 1.807) is 0 Å². The third kappa shape index (κ3) is 4.80. The van der Waals surface area contributed by atoms with E-state index in [0.717, 1.165) is 5.69 Å². The fraction of sp³-hybridized carbons (Fsp3) is 0.0357. The molecule has 1 aliphatic heterocycles. The average Bonchev–Trinajstić information content (AvgIpc) is 3.91. The Bertz CT molecular complexity index is 3340. The summed E-state index contributed by atoms with van der Waals surface area (Å²) in [6.45, 7) is 0. The Kier molecular flexibility index (Phi) is 7.61. The summed E-state index contributed by atoms with van der Waals surface area (Å²) in [6.07, 6.45) is 0. The molecular formula is C56H42N3Si+. The van der Waals surface area contributed by atoms with Gasteiger partial charge in [0.25, 0.3) is 0 Å². The van der Waals surface area contributed by atoms with Gasteiger partial charge in [0.1, 0.15) is 11.2 Å². The number of para-hydroxylation sites is 4. The third-order valence-electron chi connectivity index (χ3n) is 13.3. The second-order valence-electron chi connectivity index (χ2n) is 16.6. The first kappa shape index (κ1) is 34.8. The Hall–Kier alpha value is -7.24. The zero-order valence-electron chi connectivity index (χ0n) is 33.6. The van der Waals surface area contributed by atoms with Crippen LogP contribution in [0.3, 0.4) is 0 Å². The van der Waals surface area contributed by atoms with Crippen molar-refractivity contribution < 1.29 is 0 Å². The molecule has 0 amide bonds. The van der Waals surface area contributed by atoms with E-state index in [9.17, 15) is 0 Å². The van der Waals surface area contributed by atoms with E-state index < -0.39 is 8.07 Å². The smallest absolute Gasteiger partial charge is 0.179 e. The van der Waals surface area contributed by atoms with Gasteiger partial charge in [-0.1, -0.05) is 158 Å². The minimum atomic E-state index is -2.83. The zero-order chi connectivity index (χ0) is 40.0. The van der Waals surface area contributed by atoms with Crippen LogP contribution in [0, 0.1) is 0 Å². The molecule has 0 saturated carbocycles.